The number of carbonyl (C=O) groups is 1. The van der Waals surface area contributed by atoms with E-state index in [-0.39, 0.29) is 5.91 Å². The van der Waals surface area contributed by atoms with Gasteiger partial charge in [-0.3, -0.25) is 9.69 Å². The zero-order valence-corrected chi connectivity index (χ0v) is 15.7. The number of aliphatic hydroxyl groups is 1. The van der Waals surface area contributed by atoms with Crippen molar-refractivity contribution < 1.29 is 9.90 Å². The summed E-state index contributed by atoms with van der Waals surface area (Å²) in [7, 11) is 0. The molecule has 5 heteroatoms. The molecule has 5 rings (SSSR count). The second-order valence-electron chi connectivity index (χ2n) is 7.33. The number of aryl methyl sites for hydroxylation is 1. The number of anilines is 3. The molecule has 0 aliphatic carbocycles. The summed E-state index contributed by atoms with van der Waals surface area (Å²) >= 11 is 0. The van der Waals surface area contributed by atoms with Gasteiger partial charge in [0.2, 0.25) is 0 Å². The first-order chi connectivity index (χ1) is 14.2. The van der Waals surface area contributed by atoms with Gasteiger partial charge >= 0.3 is 0 Å². The lowest BCUT2D eigenvalue weighted by molar-refractivity contribution is 0.0935. The van der Waals surface area contributed by atoms with E-state index in [4.69, 9.17) is 5.26 Å². The molecule has 0 saturated carbocycles. The highest BCUT2D eigenvalue weighted by molar-refractivity contribution is 6.14. The number of nitrogens with zero attached hydrogens (tertiary/aromatic N) is 3. The molecule has 1 atom stereocenters. The van der Waals surface area contributed by atoms with Gasteiger partial charge in [0.05, 0.1) is 22.9 Å². The topological polar surface area (TPSA) is 67.6 Å². The number of hydrogen-bond donors (Lipinski definition) is 1. The maximum atomic E-state index is 13.4. The van der Waals surface area contributed by atoms with E-state index in [1.54, 1.807) is 30.3 Å². The number of aliphatic hydroxyl groups excluding tert-OH is 1. The number of amides is 1. The molecule has 2 aliphatic rings. The van der Waals surface area contributed by atoms with Gasteiger partial charge < -0.3 is 10.0 Å². The van der Waals surface area contributed by atoms with Crippen LogP contribution in [0.1, 0.15) is 39.7 Å². The molecule has 2 heterocycles. The lowest BCUT2D eigenvalue weighted by Crippen LogP contribution is -2.29. The molecule has 0 spiro atoms. The predicted octanol–water partition coefficient (Wildman–Crippen LogP) is 4.29. The Morgan fingerprint density at radius 2 is 1.72 bits per heavy atom. The molecule has 142 valence electrons. The average molecular weight is 381 g/mol. The fraction of sp³-hybridized carbons (Fsp3) is 0.167. The van der Waals surface area contributed by atoms with Crippen LogP contribution in [0.3, 0.4) is 0 Å². The summed E-state index contributed by atoms with van der Waals surface area (Å²) in [4.78, 5) is 17.0. The standard InChI is InChI=1S/C24H19N3O2/c25-15-16-10-12-18(13-11-16)27-23(28)19-7-3-9-21(22(19)24(27)29)26-14-4-6-17-5-1-2-8-20(17)26/h1-3,5,7-13,23,28H,4,6,14H2. The molecule has 1 unspecified atom stereocenters. The minimum Gasteiger partial charge on any atom is -0.369 e. The van der Waals surface area contributed by atoms with E-state index < -0.39 is 6.23 Å². The summed E-state index contributed by atoms with van der Waals surface area (Å²) in [5.41, 5.74) is 5.45. The van der Waals surface area contributed by atoms with E-state index >= 15 is 0 Å². The Hall–Kier alpha value is -3.62. The van der Waals surface area contributed by atoms with Gasteiger partial charge in [0.1, 0.15) is 0 Å². The first-order valence-electron chi connectivity index (χ1n) is 9.69. The second kappa shape index (κ2) is 6.77. The minimum absolute atomic E-state index is 0.226. The number of para-hydroxylation sites is 1. The summed E-state index contributed by atoms with van der Waals surface area (Å²) in [5, 5.41) is 19.9. The third kappa shape index (κ3) is 2.69. The Bertz CT molecular complexity index is 1150. The van der Waals surface area contributed by atoms with Crippen molar-refractivity contribution in [2.75, 3.05) is 16.3 Å². The van der Waals surface area contributed by atoms with Gasteiger partial charge in [-0.05, 0) is 54.8 Å². The molecule has 0 radical (unpaired) electrons. The largest absolute Gasteiger partial charge is 0.369 e. The van der Waals surface area contributed by atoms with Gasteiger partial charge in [-0.15, -0.1) is 0 Å². The number of hydrogen-bond acceptors (Lipinski definition) is 4. The highest BCUT2D eigenvalue weighted by Gasteiger charge is 2.39. The molecule has 2 aliphatic heterocycles. The molecular formula is C24H19N3O2. The summed E-state index contributed by atoms with van der Waals surface area (Å²) in [6.07, 6.45) is 0.984. The van der Waals surface area contributed by atoms with Gasteiger partial charge in [-0.25, -0.2) is 0 Å². The van der Waals surface area contributed by atoms with Crippen LogP contribution < -0.4 is 9.80 Å². The second-order valence-corrected chi connectivity index (χ2v) is 7.33. The lowest BCUT2D eigenvalue weighted by atomic mass is 9.99. The van der Waals surface area contributed by atoms with Crippen molar-refractivity contribution in [2.45, 2.75) is 19.1 Å². The first kappa shape index (κ1) is 17.5. The van der Waals surface area contributed by atoms with E-state index in [2.05, 4.69) is 23.1 Å². The number of fused-ring (bicyclic) bond motifs is 2. The van der Waals surface area contributed by atoms with Crippen LogP contribution in [-0.4, -0.2) is 17.6 Å². The number of rotatable bonds is 2. The van der Waals surface area contributed by atoms with E-state index in [1.165, 1.54) is 10.5 Å². The Morgan fingerprint density at radius 3 is 2.52 bits per heavy atom. The minimum atomic E-state index is -1.05. The molecule has 3 aromatic carbocycles. The molecular weight excluding hydrogens is 362 g/mol. The molecule has 0 bridgehead atoms. The molecule has 1 amide bonds. The van der Waals surface area contributed by atoms with Gasteiger partial charge in [-0.2, -0.15) is 5.26 Å². The predicted molar refractivity (Wildman–Crippen MR) is 111 cm³/mol. The third-order valence-electron chi connectivity index (χ3n) is 5.71. The summed E-state index contributed by atoms with van der Waals surface area (Å²) in [6.45, 7) is 0.827. The highest BCUT2D eigenvalue weighted by atomic mass is 16.3. The van der Waals surface area contributed by atoms with Crippen LogP contribution in [0.15, 0.2) is 66.7 Å². The Labute approximate surface area is 169 Å². The summed E-state index contributed by atoms with van der Waals surface area (Å²) in [6, 6.07) is 22.7. The molecule has 5 nitrogen and oxygen atoms in total. The third-order valence-corrected chi connectivity index (χ3v) is 5.71. The monoisotopic (exact) mass is 381 g/mol. The van der Waals surface area contributed by atoms with Crippen LogP contribution in [0.4, 0.5) is 17.1 Å². The van der Waals surface area contributed by atoms with E-state index in [0.29, 0.717) is 22.4 Å². The average Bonchev–Trinajstić information content (AvgIpc) is 3.04. The summed E-state index contributed by atoms with van der Waals surface area (Å²) in [5.74, 6) is -0.226. The van der Waals surface area contributed by atoms with Crippen molar-refractivity contribution in [3.05, 3.63) is 89.0 Å². The fourth-order valence-corrected chi connectivity index (χ4v) is 4.34. The van der Waals surface area contributed by atoms with Crippen molar-refractivity contribution in [1.82, 2.24) is 0 Å². The number of benzene rings is 3. The van der Waals surface area contributed by atoms with Crippen molar-refractivity contribution in [3.8, 4) is 6.07 Å². The quantitative estimate of drug-likeness (QED) is 0.719. The first-order valence-corrected chi connectivity index (χ1v) is 9.69. The van der Waals surface area contributed by atoms with Gasteiger partial charge in [0.25, 0.3) is 5.91 Å². The van der Waals surface area contributed by atoms with Crippen molar-refractivity contribution in [3.63, 3.8) is 0 Å². The van der Waals surface area contributed by atoms with E-state index in [0.717, 1.165) is 30.8 Å². The zero-order chi connectivity index (χ0) is 20.0. The summed E-state index contributed by atoms with van der Waals surface area (Å²) < 4.78 is 0. The van der Waals surface area contributed by atoms with Crippen LogP contribution in [0.5, 0.6) is 0 Å². The molecule has 0 aromatic heterocycles. The van der Waals surface area contributed by atoms with Crippen LogP contribution in [0, 0.1) is 11.3 Å². The maximum Gasteiger partial charge on any atom is 0.263 e. The SMILES string of the molecule is N#Cc1ccc(N2C(=O)c3c(cccc3N3CCCc4ccccc43)C2O)cc1. The van der Waals surface area contributed by atoms with Gasteiger partial charge in [0, 0.05) is 23.5 Å². The normalized spacial score (nSPS) is 17.7. The molecule has 0 fully saturated rings. The van der Waals surface area contributed by atoms with Gasteiger partial charge in [0.15, 0.2) is 6.23 Å². The van der Waals surface area contributed by atoms with Crippen molar-refractivity contribution in [1.29, 1.82) is 5.26 Å². The molecule has 1 N–H and O–H groups in total. The molecule has 29 heavy (non-hydrogen) atoms. The Kier molecular flexibility index (Phi) is 4.08. The smallest absolute Gasteiger partial charge is 0.263 e. The molecule has 3 aromatic rings. The highest BCUT2D eigenvalue weighted by Crippen LogP contribution is 2.43. The Morgan fingerprint density at radius 1 is 0.966 bits per heavy atom. The van der Waals surface area contributed by atoms with Crippen molar-refractivity contribution >= 4 is 23.0 Å². The van der Waals surface area contributed by atoms with E-state index in [1.807, 2.05) is 24.3 Å². The molecule has 0 saturated heterocycles. The van der Waals surface area contributed by atoms with Crippen molar-refractivity contribution in [2.24, 2.45) is 0 Å². The fourth-order valence-electron chi connectivity index (χ4n) is 4.34. The Balaban J connectivity index is 1.60. The maximum absolute atomic E-state index is 13.4. The van der Waals surface area contributed by atoms with Crippen LogP contribution in [0.2, 0.25) is 0 Å². The van der Waals surface area contributed by atoms with Crippen LogP contribution in [-0.2, 0) is 6.42 Å². The zero-order valence-electron chi connectivity index (χ0n) is 15.7. The van der Waals surface area contributed by atoms with Crippen LogP contribution >= 0.6 is 0 Å². The lowest BCUT2D eigenvalue weighted by Gasteiger charge is -2.32. The van der Waals surface area contributed by atoms with Gasteiger partial charge in [-0.1, -0.05) is 30.3 Å². The number of carbonyl (C=O) groups excluding carboxylic acids is 1. The number of nitriles is 1. The van der Waals surface area contributed by atoms with E-state index in [9.17, 15) is 9.90 Å². The van der Waals surface area contributed by atoms with Crippen LogP contribution in [0.25, 0.3) is 0 Å².